The molecular formula is C15H21N3. The summed E-state index contributed by atoms with van der Waals surface area (Å²) in [5.41, 5.74) is 2.55. The summed E-state index contributed by atoms with van der Waals surface area (Å²) in [4.78, 5) is 0. The number of aryl methyl sites for hydroxylation is 1. The highest BCUT2D eigenvalue weighted by Gasteiger charge is 2.12. The molecule has 2 aromatic rings. The first kappa shape index (κ1) is 12.8. The van der Waals surface area contributed by atoms with E-state index in [-0.39, 0.29) is 0 Å². The fourth-order valence-electron chi connectivity index (χ4n) is 2.09. The van der Waals surface area contributed by atoms with Gasteiger partial charge in [-0.2, -0.15) is 5.10 Å². The molecule has 2 unspecified atom stereocenters. The first-order valence-electron chi connectivity index (χ1n) is 6.54. The van der Waals surface area contributed by atoms with E-state index in [2.05, 4.69) is 61.6 Å². The standard InChI is InChI=1S/C15H21N3/c1-4-18-11-15(10-16-18)13(3)17-12(2)14-8-6-5-7-9-14/h5-13,17H,4H2,1-3H3. The van der Waals surface area contributed by atoms with Gasteiger partial charge >= 0.3 is 0 Å². The predicted octanol–water partition coefficient (Wildman–Crippen LogP) is 3.31. The number of hydrogen-bond donors (Lipinski definition) is 1. The number of nitrogens with one attached hydrogen (secondary N) is 1. The zero-order chi connectivity index (χ0) is 13.0. The summed E-state index contributed by atoms with van der Waals surface area (Å²) < 4.78 is 1.96. The summed E-state index contributed by atoms with van der Waals surface area (Å²) in [6, 6.07) is 11.2. The summed E-state index contributed by atoms with van der Waals surface area (Å²) in [7, 11) is 0. The Bertz CT molecular complexity index is 475. The molecule has 2 rings (SSSR count). The summed E-state index contributed by atoms with van der Waals surface area (Å²) in [5, 5.41) is 7.91. The van der Waals surface area contributed by atoms with Crippen LogP contribution in [0.3, 0.4) is 0 Å². The second-order valence-corrected chi connectivity index (χ2v) is 4.65. The summed E-state index contributed by atoms with van der Waals surface area (Å²) >= 11 is 0. The molecule has 1 N–H and O–H groups in total. The number of benzene rings is 1. The highest BCUT2D eigenvalue weighted by atomic mass is 15.3. The molecule has 1 aromatic carbocycles. The normalized spacial score (nSPS) is 14.4. The van der Waals surface area contributed by atoms with Crippen molar-refractivity contribution < 1.29 is 0 Å². The van der Waals surface area contributed by atoms with Crippen molar-refractivity contribution in [2.45, 2.75) is 39.4 Å². The van der Waals surface area contributed by atoms with Gasteiger partial charge in [0.25, 0.3) is 0 Å². The van der Waals surface area contributed by atoms with E-state index in [0.717, 1.165) is 6.54 Å². The topological polar surface area (TPSA) is 29.9 Å². The zero-order valence-electron chi connectivity index (χ0n) is 11.3. The Kier molecular flexibility index (Phi) is 4.15. The highest BCUT2D eigenvalue weighted by Crippen LogP contribution is 2.18. The molecule has 0 bridgehead atoms. The van der Waals surface area contributed by atoms with E-state index >= 15 is 0 Å². The van der Waals surface area contributed by atoms with Crippen LogP contribution in [0.4, 0.5) is 0 Å². The van der Waals surface area contributed by atoms with Crippen LogP contribution in [0, 0.1) is 0 Å². The maximum atomic E-state index is 4.31. The van der Waals surface area contributed by atoms with E-state index in [4.69, 9.17) is 0 Å². The van der Waals surface area contributed by atoms with Gasteiger partial charge < -0.3 is 5.32 Å². The SMILES string of the molecule is CCn1cc(C(C)NC(C)c2ccccc2)cn1. The predicted molar refractivity (Wildman–Crippen MR) is 74.3 cm³/mol. The average molecular weight is 243 g/mol. The van der Waals surface area contributed by atoms with E-state index in [0.29, 0.717) is 12.1 Å². The van der Waals surface area contributed by atoms with E-state index in [1.807, 2.05) is 16.9 Å². The number of hydrogen-bond acceptors (Lipinski definition) is 2. The third-order valence-electron chi connectivity index (χ3n) is 3.28. The molecule has 1 heterocycles. The van der Waals surface area contributed by atoms with Gasteiger partial charge in [-0.1, -0.05) is 30.3 Å². The fourth-order valence-corrected chi connectivity index (χ4v) is 2.09. The van der Waals surface area contributed by atoms with Crippen LogP contribution in [0.15, 0.2) is 42.7 Å². The van der Waals surface area contributed by atoms with Gasteiger partial charge in [0.05, 0.1) is 6.20 Å². The van der Waals surface area contributed by atoms with Crippen LogP contribution >= 0.6 is 0 Å². The molecule has 3 nitrogen and oxygen atoms in total. The maximum Gasteiger partial charge on any atom is 0.0537 e. The molecule has 3 heteroatoms. The van der Waals surface area contributed by atoms with Gasteiger partial charge in [-0.25, -0.2) is 0 Å². The van der Waals surface area contributed by atoms with Gasteiger partial charge in [0.15, 0.2) is 0 Å². The lowest BCUT2D eigenvalue weighted by Crippen LogP contribution is -2.22. The van der Waals surface area contributed by atoms with Crippen LogP contribution in [-0.4, -0.2) is 9.78 Å². The molecule has 0 fully saturated rings. The molecule has 96 valence electrons. The lowest BCUT2D eigenvalue weighted by molar-refractivity contribution is 0.494. The summed E-state index contributed by atoms with van der Waals surface area (Å²) in [5.74, 6) is 0. The smallest absolute Gasteiger partial charge is 0.0537 e. The lowest BCUT2D eigenvalue weighted by atomic mass is 10.1. The molecule has 2 atom stereocenters. The van der Waals surface area contributed by atoms with Crippen LogP contribution < -0.4 is 5.32 Å². The first-order valence-corrected chi connectivity index (χ1v) is 6.54. The Balaban J connectivity index is 2.01. The third-order valence-corrected chi connectivity index (χ3v) is 3.28. The molecule has 0 spiro atoms. The molecule has 0 aliphatic rings. The van der Waals surface area contributed by atoms with Gasteiger partial charge in [0, 0.05) is 30.4 Å². The molecule has 0 aliphatic heterocycles. The molecule has 0 saturated heterocycles. The third kappa shape index (κ3) is 2.99. The lowest BCUT2D eigenvalue weighted by Gasteiger charge is -2.19. The monoisotopic (exact) mass is 243 g/mol. The quantitative estimate of drug-likeness (QED) is 0.873. The van der Waals surface area contributed by atoms with E-state index < -0.39 is 0 Å². The van der Waals surface area contributed by atoms with Crippen molar-refractivity contribution in [3.8, 4) is 0 Å². The van der Waals surface area contributed by atoms with Crippen molar-refractivity contribution >= 4 is 0 Å². The molecular weight excluding hydrogens is 222 g/mol. The Morgan fingerprint density at radius 3 is 2.39 bits per heavy atom. The second-order valence-electron chi connectivity index (χ2n) is 4.65. The van der Waals surface area contributed by atoms with Crippen molar-refractivity contribution in [2.24, 2.45) is 0 Å². The van der Waals surface area contributed by atoms with Crippen molar-refractivity contribution in [1.82, 2.24) is 15.1 Å². The first-order chi connectivity index (χ1) is 8.70. The maximum absolute atomic E-state index is 4.31. The molecule has 18 heavy (non-hydrogen) atoms. The number of nitrogens with zero attached hydrogens (tertiary/aromatic N) is 2. The van der Waals surface area contributed by atoms with Gasteiger partial charge in [0.2, 0.25) is 0 Å². The van der Waals surface area contributed by atoms with Gasteiger partial charge in [-0.3, -0.25) is 4.68 Å². The molecule has 1 aromatic heterocycles. The second kappa shape index (κ2) is 5.83. The van der Waals surface area contributed by atoms with Crippen molar-refractivity contribution in [3.05, 3.63) is 53.9 Å². The van der Waals surface area contributed by atoms with Gasteiger partial charge in [-0.05, 0) is 26.3 Å². The van der Waals surface area contributed by atoms with E-state index in [1.165, 1.54) is 11.1 Å². The Morgan fingerprint density at radius 1 is 1.11 bits per heavy atom. The summed E-state index contributed by atoms with van der Waals surface area (Å²) in [6.07, 6.45) is 4.05. The number of rotatable bonds is 5. The van der Waals surface area contributed by atoms with Crippen LogP contribution in [0.25, 0.3) is 0 Å². The number of aromatic nitrogens is 2. The summed E-state index contributed by atoms with van der Waals surface area (Å²) in [6.45, 7) is 7.38. The average Bonchev–Trinajstić information content (AvgIpc) is 2.88. The van der Waals surface area contributed by atoms with Crippen LogP contribution in [-0.2, 0) is 6.54 Å². The molecule has 0 radical (unpaired) electrons. The minimum absolute atomic E-state index is 0.306. The van der Waals surface area contributed by atoms with Crippen molar-refractivity contribution in [3.63, 3.8) is 0 Å². The Hall–Kier alpha value is -1.61. The Morgan fingerprint density at radius 2 is 1.78 bits per heavy atom. The van der Waals surface area contributed by atoms with E-state index in [1.54, 1.807) is 0 Å². The van der Waals surface area contributed by atoms with Crippen molar-refractivity contribution in [2.75, 3.05) is 0 Å². The highest BCUT2D eigenvalue weighted by molar-refractivity contribution is 5.19. The minimum atomic E-state index is 0.306. The van der Waals surface area contributed by atoms with Crippen molar-refractivity contribution in [1.29, 1.82) is 0 Å². The van der Waals surface area contributed by atoms with Gasteiger partial charge in [-0.15, -0.1) is 0 Å². The largest absolute Gasteiger partial charge is 0.304 e. The molecule has 0 aliphatic carbocycles. The molecule has 0 saturated carbocycles. The van der Waals surface area contributed by atoms with Crippen LogP contribution in [0.5, 0.6) is 0 Å². The van der Waals surface area contributed by atoms with Crippen LogP contribution in [0.2, 0.25) is 0 Å². The zero-order valence-corrected chi connectivity index (χ0v) is 11.3. The van der Waals surface area contributed by atoms with Crippen LogP contribution in [0.1, 0.15) is 44.0 Å². The van der Waals surface area contributed by atoms with Gasteiger partial charge in [0.1, 0.15) is 0 Å². The minimum Gasteiger partial charge on any atom is -0.304 e. The van der Waals surface area contributed by atoms with E-state index in [9.17, 15) is 0 Å². The Labute approximate surface area is 109 Å². The fraction of sp³-hybridized carbons (Fsp3) is 0.400. The molecule has 0 amide bonds.